The van der Waals surface area contributed by atoms with Crippen LogP contribution in [0.1, 0.15) is 21.5 Å². The van der Waals surface area contributed by atoms with Crippen molar-refractivity contribution in [1.82, 2.24) is 10.2 Å². The van der Waals surface area contributed by atoms with E-state index in [1.54, 1.807) is 36.2 Å². The lowest BCUT2D eigenvalue weighted by atomic mass is 9.97. The summed E-state index contributed by atoms with van der Waals surface area (Å²) in [5.74, 6) is -1.89. The molecule has 2 N–H and O–H groups in total. The number of carboxylic acids is 1. The van der Waals surface area contributed by atoms with Gasteiger partial charge in [-0.05, 0) is 41.4 Å². The summed E-state index contributed by atoms with van der Waals surface area (Å²) in [7, 11) is 3.04. The summed E-state index contributed by atoms with van der Waals surface area (Å²) in [5.41, 5.74) is 4.08. The number of hydrogen-bond donors (Lipinski definition) is 2. The number of esters is 1. The van der Waals surface area contributed by atoms with Gasteiger partial charge in [-0.15, -0.1) is 0 Å². The number of benzene rings is 3. The number of amides is 1. The van der Waals surface area contributed by atoms with Gasteiger partial charge in [0.1, 0.15) is 6.04 Å². The lowest BCUT2D eigenvalue weighted by Gasteiger charge is -2.18. The van der Waals surface area contributed by atoms with Crippen LogP contribution in [-0.2, 0) is 27.3 Å². The number of hydrogen-bond acceptors (Lipinski definition) is 5. The summed E-state index contributed by atoms with van der Waals surface area (Å²) >= 11 is 6.11. The second-order valence-corrected chi connectivity index (χ2v) is 8.56. The fourth-order valence-corrected chi connectivity index (χ4v) is 4.01. The van der Waals surface area contributed by atoms with Gasteiger partial charge >= 0.3 is 11.9 Å². The van der Waals surface area contributed by atoms with Gasteiger partial charge in [-0.3, -0.25) is 14.5 Å². The van der Waals surface area contributed by atoms with Crippen LogP contribution >= 0.6 is 11.6 Å². The molecule has 0 saturated carbocycles. The lowest BCUT2D eigenvalue weighted by molar-refractivity contribution is -0.143. The number of carboxylic acid groups (broad SMARTS) is 1. The Balaban J connectivity index is 1.76. The fraction of sp³-hybridized carbons (Fsp3) is 0.222. The van der Waals surface area contributed by atoms with Crippen LogP contribution in [0.15, 0.2) is 72.8 Å². The number of methoxy groups -OCH3 is 1. The number of rotatable bonds is 10. The number of likely N-dealkylation sites (N-methyl/N-ethyl adjacent to an activating group) is 1. The topological polar surface area (TPSA) is 95.9 Å². The normalized spacial score (nSPS) is 11.7. The zero-order chi connectivity index (χ0) is 25.4. The number of halogens is 1. The van der Waals surface area contributed by atoms with E-state index in [9.17, 15) is 14.4 Å². The van der Waals surface area contributed by atoms with Crippen LogP contribution in [0.3, 0.4) is 0 Å². The van der Waals surface area contributed by atoms with Crippen molar-refractivity contribution in [3.05, 3.63) is 94.5 Å². The number of carbonyl (C=O) groups excluding carboxylic acids is 2. The van der Waals surface area contributed by atoms with Crippen molar-refractivity contribution in [2.45, 2.75) is 19.0 Å². The van der Waals surface area contributed by atoms with Gasteiger partial charge in [0.05, 0.1) is 24.2 Å². The molecular formula is C27H27ClN2O5. The van der Waals surface area contributed by atoms with Crippen molar-refractivity contribution in [1.29, 1.82) is 0 Å². The van der Waals surface area contributed by atoms with Crippen molar-refractivity contribution in [2.24, 2.45) is 0 Å². The molecular weight excluding hydrogens is 468 g/mol. The molecule has 0 aliphatic heterocycles. The van der Waals surface area contributed by atoms with Gasteiger partial charge in [0.2, 0.25) is 0 Å². The number of carbonyl (C=O) groups is 3. The predicted molar refractivity (Wildman–Crippen MR) is 134 cm³/mol. The van der Waals surface area contributed by atoms with Crippen LogP contribution in [0, 0.1) is 0 Å². The van der Waals surface area contributed by atoms with Crippen LogP contribution in [0.4, 0.5) is 0 Å². The fourth-order valence-electron chi connectivity index (χ4n) is 3.79. The predicted octanol–water partition coefficient (Wildman–Crippen LogP) is 4.04. The minimum atomic E-state index is -0.883. The third kappa shape index (κ3) is 7.15. The summed E-state index contributed by atoms with van der Waals surface area (Å²) in [6.07, 6.45) is 0.242. The molecule has 1 amide bonds. The zero-order valence-electron chi connectivity index (χ0n) is 19.5. The molecule has 0 heterocycles. The van der Waals surface area contributed by atoms with Crippen molar-refractivity contribution in [3.8, 4) is 11.1 Å². The van der Waals surface area contributed by atoms with Crippen LogP contribution in [0.2, 0.25) is 5.02 Å². The third-order valence-corrected chi connectivity index (χ3v) is 5.81. The molecule has 0 unspecified atom stereocenters. The number of ether oxygens (including phenoxy) is 1. The molecule has 0 radical (unpaired) electrons. The van der Waals surface area contributed by atoms with Gasteiger partial charge in [-0.25, -0.2) is 4.79 Å². The summed E-state index contributed by atoms with van der Waals surface area (Å²) in [6.45, 7) is 0.435. The molecule has 0 aromatic heterocycles. The first kappa shape index (κ1) is 25.9. The Morgan fingerprint density at radius 1 is 1.00 bits per heavy atom. The van der Waals surface area contributed by atoms with Gasteiger partial charge in [-0.2, -0.15) is 0 Å². The van der Waals surface area contributed by atoms with E-state index in [-0.39, 0.29) is 18.5 Å². The third-order valence-electron chi connectivity index (χ3n) is 5.48. The Morgan fingerprint density at radius 3 is 2.31 bits per heavy atom. The average Bonchev–Trinajstić information content (AvgIpc) is 2.83. The highest BCUT2D eigenvalue weighted by Crippen LogP contribution is 2.25. The first-order valence-electron chi connectivity index (χ1n) is 11.0. The van der Waals surface area contributed by atoms with Crippen LogP contribution in [0.25, 0.3) is 11.1 Å². The molecule has 0 saturated heterocycles. The van der Waals surface area contributed by atoms with E-state index in [0.29, 0.717) is 11.6 Å². The summed E-state index contributed by atoms with van der Waals surface area (Å²) in [6, 6.07) is 21.2. The van der Waals surface area contributed by atoms with Crippen molar-refractivity contribution >= 4 is 29.4 Å². The Hall–Kier alpha value is -3.68. The van der Waals surface area contributed by atoms with Crippen molar-refractivity contribution < 1.29 is 24.2 Å². The average molecular weight is 495 g/mol. The highest BCUT2D eigenvalue weighted by Gasteiger charge is 2.23. The highest BCUT2D eigenvalue weighted by atomic mass is 35.5. The Bertz CT molecular complexity index is 1200. The molecule has 182 valence electrons. The maximum absolute atomic E-state index is 12.7. The second-order valence-electron chi connectivity index (χ2n) is 8.15. The van der Waals surface area contributed by atoms with E-state index in [2.05, 4.69) is 5.32 Å². The van der Waals surface area contributed by atoms with Gasteiger partial charge in [-0.1, -0.05) is 72.3 Å². The number of nitrogens with one attached hydrogen (secondary N) is 1. The standard InChI is InChI=1S/C27H27ClN2O5/c1-30(17-25(31)32)16-20-7-3-4-8-21(20)19-13-11-18(12-14-19)15-24(27(34)35-2)29-26(33)22-9-5-6-10-23(22)28/h3-14,24H,15-17H2,1-2H3,(H,29,33)(H,31,32)/t24-/m0/s1. The molecule has 35 heavy (non-hydrogen) atoms. The minimum absolute atomic E-state index is 0.0535. The molecule has 3 rings (SSSR count). The SMILES string of the molecule is COC(=O)[C@H](Cc1ccc(-c2ccccc2CN(C)CC(=O)O)cc1)NC(=O)c1ccccc1Cl. The van der Waals surface area contributed by atoms with Gasteiger partial charge in [0.15, 0.2) is 0 Å². The molecule has 0 fully saturated rings. The van der Waals surface area contributed by atoms with Gasteiger partial charge < -0.3 is 15.2 Å². The number of aliphatic carboxylic acids is 1. The van der Waals surface area contributed by atoms with E-state index in [4.69, 9.17) is 21.4 Å². The molecule has 0 aliphatic rings. The van der Waals surface area contributed by atoms with Crippen LogP contribution in [-0.4, -0.2) is 54.6 Å². The lowest BCUT2D eigenvalue weighted by Crippen LogP contribution is -2.43. The summed E-state index contributed by atoms with van der Waals surface area (Å²) in [4.78, 5) is 37.8. The van der Waals surface area contributed by atoms with E-state index < -0.39 is 23.9 Å². The highest BCUT2D eigenvalue weighted by molar-refractivity contribution is 6.33. The minimum Gasteiger partial charge on any atom is -0.480 e. The maximum Gasteiger partial charge on any atom is 0.328 e. The van der Waals surface area contributed by atoms with Gasteiger partial charge in [0.25, 0.3) is 5.91 Å². The van der Waals surface area contributed by atoms with E-state index in [1.165, 1.54) is 7.11 Å². The van der Waals surface area contributed by atoms with E-state index >= 15 is 0 Å². The Kier molecular flexibility index (Phi) is 9.00. The smallest absolute Gasteiger partial charge is 0.328 e. The van der Waals surface area contributed by atoms with Crippen LogP contribution in [0.5, 0.6) is 0 Å². The first-order valence-corrected chi connectivity index (χ1v) is 11.4. The molecule has 3 aromatic rings. The Labute approximate surface area is 209 Å². The molecule has 8 heteroatoms. The monoisotopic (exact) mass is 494 g/mol. The molecule has 0 spiro atoms. The van der Waals surface area contributed by atoms with Crippen molar-refractivity contribution in [2.75, 3.05) is 20.7 Å². The quantitative estimate of drug-likeness (QED) is 0.413. The molecule has 3 aromatic carbocycles. The molecule has 0 aliphatic carbocycles. The summed E-state index contributed by atoms with van der Waals surface area (Å²) in [5, 5.41) is 12.0. The second kappa shape index (κ2) is 12.1. The van der Waals surface area contributed by atoms with Crippen LogP contribution < -0.4 is 5.32 Å². The maximum atomic E-state index is 12.7. The molecule has 1 atom stereocenters. The Morgan fingerprint density at radius 2 is 1.66 bits per heavy atom. The van der Waals surface area contributed by atoms with Gasteiger partial charge in [0, 0.05) is 13.0 Å². The summed E-state index contributed by atoms with van der Waals surface area (Å²) < 4.78 is 4.89. The first-order chi connectivity index (χ1) is 16.8. The van der Waals surface area contributed by atoms with E-state index in [1.807, 2.05) is 48.5 Å². The number of nitrogens with zero attached hydrogens (tertiary/aromatic N) is 1. The zero-order valence-corrected chi connectivity index (χ0v) is 20.3. The largest absolute Gasteiger partial charge is 0.480 e. The van der Waals surface area contributed by atoms with Crippen molar-refractivity contribution in [3.63, 3.8) is 0 Å². The molecule has 7 nitrogen and oxygen atoms in total. The molecule has 0 bridgehead atoms. The van der Waals surface area contributed by atoms with E-state index in [0.717, 1.165) is 22.3 Å².